The number of aromatic nitrogens is 1. The fourth-order valence-corrected chi connectivity index (χ4v) is 3.06. The molecule has 1 unspecified atom stereocenters. The van der Waals surface area contributed by atoms with Gasteiger partial charge in [-0.1, -0.05) is 30.4 Å². The topological polar surface area (TPSA) is 31.2 Å². The molecule has 1 aromatic carbocycles. The first kappa shape index (κ1) is 14.6. The van der Waals surface area contributed by atoms with Gasteiger partial charge >= 0.3 is 5.97 Å². The molecule has 2 aromatic rings. The zero-order chi connectivity index (χ0) is 15.4. The minimum atomic E-state index is -0.326. The number of methoxy groups -OCH3 is 1. The summed E-state index contributed by atoms with van der Waals surface area (Å²) in [5.74, 6) is 0.378. The molecule has 1 aliphatic rings. The molecule has 22 heavy (non-hydrogen) atoms. The lowest BCUT2D eigenvalue weighted by molar-refractivity contribution is -0.134. The second-order valence-corrected chi connectivity index (χ2v) is 5.71. The van der Waals surface area contributed by atoms with Gasteiger partial charge in [-0.3, -0.25) is 0 Å². The van der Waals surface area contributed by atoms with Crippen LogP contribution in [0.15, 0.2) is 48.7 Å². The van der Waals surface area contributed by atoms with E-state index >= 15 is 0 Å². The fourth-order valence-electron chi connectivity index (χ4n) is 3.06. The summed E-state index contributed by atoms with van der Waals surface area (Å²) >= 11 is 0. The lowest BCUT2D eigenvalue weighted by atomic mass is 10.1. The van der Waals surface area contributed by atoms with Crippen LogP contribution >= 0.6 is 0 Å². The lowest BCUT2D eigenvalue weighted by Crippen LogP contribution is -2.01. The Kier molecular flexibility index (Phi) is 4.42. The number of hydrogen-bond donors (Lipinski definition) is 0. The molecule has 0 fully saturated rings. The number of hydrogen-bond acceptors (Lipinski definition) is 2. The van der Waals surface area contributed by atoms with Crippen molar-refractivity contribution < 1.29 is 9.53 Å². The van der Waals surface area contributed by atoms with Crippen molar-refractivity contribution in [3.8, 4) is 0 Å². The summed E-state index contributed by atoms with van der Waals surface area (Å²) in [6, 6.07) is 8.32. The average Bonchev–Trinajstić information content (AvgIpc) is 3.18. The van der Waals surface area contributed by atoms with Crippen LogP contribution < -0.4 is 0 Å². The molecule has 0 radical (unpaired) electrons. The zero-order valence-corrected chi connectivity index (χ0v) is 12.9. The predicted octanol–water partition coefficient (Wildman–Crippen LogP) is 4.18. The minimum absolute atomic E-state index is 0.326. The smallest absolute Gasteiger partial charge is 0.330 e. The highest BCUT2D eigenvalue weighted by Gasteiger charge is 2.11. The summed E-state index contributed by atoms with van der Waals surface area (Å²) in [6.45, 7) is 1.00. The van der Waals surface area contributed by atoms with Crippen LogP contribution in [0.3, 0.4) is 0 Å². The van der Waals surface area contributed by atoms with E-state index in [1.807, 2.05) is 12.1 Å². The van der Waals surface area contributed by atoms with Crippen LogP contribution in [0.25, 0.3) is 17.0 Å². The molecule has 0 N–H and O–H groups in total. The molecule has 0 saturated heterocycles. The number of fused-ring (bicyclic) bond motifs is 1. The van der Waals surface area contributed by atoms with Gasteiger partial charge in [-0.05, 0) is 37.3 Å². The van der Waals surface area contributed by atoms with E-state index in [-0.39, 0.29) is 5.97 Å². The molecule has 0 saturated carbocycles. The number of allylic oxidation sites excluding steroid dienone is 2. The van der Waals surface area contributed by atoms with Crippen LogP contribution in [0.5, 0.6) is 0 Å². The minimum Gasteiger partial charge on any atom is -0.466 e. The number of carbonyl (C=O) groups is 1. The monoisotopic (exact) mass is 295 g/mol. The van der Waals surface area contributed by atoms with Crippen LogP contribution in [-0.2, 0) is 16.1 Å². The second-order valence-electron chi connectivity index (χ2n) is 5.71. The van der Waals surface area contributed by atoms with E-state index in [4.69, 9.17) is 0 Å². The van der Waals surface area contributed by atoms with Crippen molar-refractivity contribution in [2.24, 2.45) is 5.92 Å². The Balaban J connectivity index is 1.84. The van der Waals surface area contributed by atoms with Crippen molar-refractivity contribution in [2.75, 3.05) is 7.11 Å². The molecule has 3 rings (SSSR count). The van der Waals surface area contributed by atoms with Gasteiger partial charge in [0.25, 0.3) is 0 Å². The van der Waals surface area contributed by atoms with Gasteiger partial charge in [0.05, 0.1) is 7.11 Å². The summed E-state index contributed by atoms with van der Waals surface area (Å²) in [6.07, 6.45) is 13.7. The van der Waals surface area contributed by atoms with Gasteiger partial charge in [0.1, 0.15) is 0 Å². The molecular formula is C19H21NO2. The SMILES string of the molecule is COC(=O)/C=C/c1cn(CCC2C=CCC2)c2ccccc12. The summed E-state index contributed by atoms with van der Waals surface area (Å²) in [4.78, 5) is 11.3. The van der Waals surface area contributed by atoms with Crippen LogP contribution in [0.2, 0.25) is 0 Å². The average molecular weight is 295 g/mol. The third-order valence-electron chi connectivity index (χ3n) is 4.27. The molecule has 1 aromatic heterocycles. The zero-order valence-electron chi connectivity index (χ0n) is 12.9. The van der Waals surface area contributed by atoms with Crippen LogP contribution in [-0.4, -0.2) is 17.6 Å². The predicted molar refractivity (Wildman–Crippen MR) is 89.5 cm³/mol. The van der Waals surface area contributed by atoms with Crippen molar-refractivity contribution in [1.29, 1.82) is 0 Å². The van der Waals surface area contributed by atoms with E-state index in [0.717, 1.165) is 18.5 Å². The van der Waals surface area contributed by atoms with Crippen molar-refractivity contribution in [2.45, 2.75) is 25.8 Å². The Morgan fingerprint density at radius 1 is 1.41 bits per heavy atom. The number of benzene rings is 1. The van der Waals surface area contributed by atoms with Crippen molar-refractivity contribution >= 4 is 22.9 Å². The number of aryl methyl sites for hydroxylation is 1. The van der Waals surface area contributed by atoms with Crippen molar-refractivity contribution in [1.82, 2.24) is 4.57 Å². The summed E-state index contributed by atoms with van der Waals surface area (Å²) in [5.41, 5.74) is 2.27. The molecule has 0 spiro atoms. The van der Waals surface area contributed by atoms with Crippen LogP contribution in [0.1, 0.15) is 24.8 Å². The maximum atomic E-state index is 11.3. The number of para-hydroxylation sites is 1. The Hall–Kier alpha value is -2.29. The third kappa shape index (κ3) is 3.14. The van der Waals surface area contributed by atoms with Gasteiger partial charge in [-0.15, -0.1) is 0 Å². The van der Waals surface area contributed by atoms with E-state index in [1.54, 1.807) is 0 Å². The van der Waals surface area contributed by atoms with Gasteiger partial charge in [0.2, 0.25) is 0 Å². The van der Waals surface area contributed by atoms with Crippen molar-refractivity contribution in [3.63, 3.8) is 0 Å². The Labute approximate surface area is 130 Å². The molecule has 1 heterocycles. The number of ether oxygens (including phenoxy) is 1. The first-order valence-electron chi connectivity index (χ1n) is 7.78. The van der Waals surface area contributed by atoms with E-state index in [9.17, 15) is 4.79 Å². The van der Waals surface area contributed by atoms with E-state index in [0.29, 0.717) is 5.92 Å². The highest BCUT2D eigenvalue weighted by Crippen LogP contribution is 2.26. The molecule has 3 heteroatoms. The molecular weight excluding hydrogens is 274 g/mol. The molecule has 114 valence electrons. The Bertz CT molecular complexity index is 724. The number of nitrogens with zero attached hydrogens (tertiary/aromatic N) is 1. The molecule has 0 amide bonds. The largest absolute Gasteiger partial charge is 0.466 e. The highest BCUT2D eigenvalue weighted by molar-refractivity contribution is 5.94. The fraction of sp³-hybridized carbons (Fsp3) is 0.316. The van der Waals surface area contributed by atoms with Gasteiger partial charge in [-0.25, -0.2) is 4.79 Å². The van der Waals surface area contributed by atoms with Gasteiger partial charge in [0.15, 0.2) is 0 Å². The maximum Gasteiger partial charge on any atom is 0.330 e. The lowest BCUT2D eigenvalue weighted by Gasteiger charge is -2.09. The normalized spacial score (nSPS) is 17.6. The maximum absolute atomic E-state index is 11.3. The van der Waals surface area contributed by atoms with E-state index in [1.165, 1.54) is 36.9 Å². The quantitative estimate of drug-likeness (QED) is 0.470. The van der Waals surface area contributed by atoms with Crippen LogP contribution in [0.4, 0.5) is 0 Å². The van der Waals surface area contributed by atoms with Gasteiger partial charge < -0.3 is 9.30 Å². The first-order chi connectivity index (χ1) is 10.8. The van der Waals surface area contributed by atoms with Crippen LogP contribution in [0, 0.1) is 5.92 Å². The van der Waals surface area contributed by atoms with Gasteiger partial charge in [-0.2, -0.15) is 0 Å². The Morgan fingerprint density at radius 2 is 2.27 bits per heavy atom. The number of carbonyl (C=O) groups excluding carboxylic acids is 1. The van der Waals surface area contributed by atoms with E-state index in [2.05, 4.69) is 45.9 Å². The number of esters is 1. The molecule has 1 aliphatic carbocycles. The van der Waals surface area contributed by atoms with Crippen molar-refractivity contribution in [3.05, 3.63) is 54.3 Å². The second kappa shape index (κ2) is 6.65. The summed E-state index contributed by atoms with van der Waals surface area (Å²) < 4.78 is 6.96. The Morgan fingerprint density at radius 3 is 3.05 bits per heavy atom. The molecule has 0 aliphatic heterocycles. The first-order valence-corrected chi connectivity index (χ1v) is 7.78. The highest BCUT2D eigenvalue weighted by atomic mass is 16.5. The molecule has 3 nitrogen and oxygen atoms in total. The van der Waals surface area contributed by atoms with Gasteiger partial charge in [0, 0.05) is 35.3 Å². The van der Waals surface area contributed by atoms with E-state index < -0.39 is 0 Å². The number of rotatable bonds is 5. The summed E-state index contributed by atoms with van der Waals surface area (Å²) in [5, 5.41) is 1.17. The standard InChI is InChI=1S/C19H21NO2/c1-22-19(21)11-10-16-14-20(13-12-15-6-2-3-7-15)18-9-5-4-8-17(16)18/h2,4-6,8-11,14-15H,3,7,12-13H2,1H3/b11-10+. The third-order valence-corrected chi connectivity index (χ3v) is 4.27. The molecule has 0 bridgehead atoms. The molecule has 1 atom stereocenters. The summed E-state index contributed by atoms with van der Waals surface area (Å²) in [7, 11) is 1.39.